The summed E-state index contributed by atoms with van der Waals surface area (Å²) in [6.45, 7) is 1.46. The molecule has 0 bridgehead atoms. The largest absolute Gasteiger partial charge is 0.485 e. The molecule has 0 aliphatic heterocycles. The number of amides is 1. The van der Waals surface area contributed by atoms with E-state index >= 15 is 0 Å². The summed E-state index contributed by atoms with van der Waals surface area (Å²) in [7, 11) is 0. The molecule has 0 saturated carbocycles. The molecular weight excluding hydrogens is 262 g/mol. The SMILES string of the molecule is CC(=O)Nc1ccccc1OCc1cc(=O)c(=O)[nH][nH]1. The molecule has 1 heterocycles. The van der Waals surface area contributed by atoms with Gasteiger partial charge in [-0.3, -0.25) is 24.6 Å². The second kappa shape index (κ2) is 5.87. The van der Waals surface area contributed by atoms with Gasteiger partial charge in [-0.2, -0.15) is 0 Å². The van der Waals surface area contributed by atoms with Gasteiger partial charge in [-0.15, -0.1) is 0 Å². The predicted molar refractivity (Wildman–Crippen MR) is 72.8 cm³/mol. The van der Waals surface area contributed by atoms with Crippen molar-refractivity contribution >= 4 is 11.6 Å². The number of aromatic nitrogens is 2. The van der Waals surface area contributed by atoms with Crippen LogP contribution < -0.4 is 21.0 Å². The molecule has 2 aromatic rings. The highest BCUT2D eigenvalue weighted by atomic mass is 16.5. The highest BCUT2D eigenvalue weighted by Gasteiger charge is 2.05. The van der Waals surface area contributed by atoms with Gasteiger partial charge in [0.1, 0.15) is 12.4 Å². The average Bonchev–Trinajstić information content (AvgIpc) is 2.41. The van der Waals surface area contributed by atoms with Gasteiger partial charge in [0.15, 0.2) is 0 Å². The van der Waals surface area contributed by atoms with E-state index in [1.54, 1.807) is 24.3 Å². The topological polar surface area (TPSA) is 104 Å². The first-order valence-electron chi connectivity index (χ1n) is 5.86. The van der Waals surface area contributed by atoms with Crippen LogP contribution in [-0.2, 0) is 11.4 Å². The Kier molecular flexibility index (Phi) is 3.99. The van der Waals surface area contributed by atoms with E-state index in [1.807, 2.05) is 0 Å². The second-order valence-electron chi connectivity index (χ2n) is 4.08. The van der Waals surface area contributed by atoms with Crippen LogP contribution in [0, 0.1) is 0 Å². The van der Waals surface area contributed by atoms with E-state index in [0.717, 1.165) is 0 Å². The van der Waals surface area contributed by atoms with Gasteiger partial charge in [0.05, 0.1) is 11.4 Å². The quantitative estimate of drug-likeness (QED) is 0.711. The fraction of sp³-hybridized carbons (Fsp3) is 0.154. The molecule has 0 atom stereocenters. The molecule has 0 spiro atoms. The first-order chi connectivity index (χ1) is 9.56. The minimum absolute atomic E-state index is 0.0582. The number of H-pyrrole nitrogens is 2. The number of nitrogens with one attached hydrogen (secondary N) is 3. The van der Waals surface area contributed by atoms with Crippen LogP contribution in [0.2, 0.25) is 0 Å². The van der Waals surface area contributed by atoms with Crippen LogP contribution in [-0.4, -0.2) is 16.1 Å². The lowest BCUT2D eigenvalue weighted by atomic mass is 10.3. The van der Waals surface area contributed by atoms with Crippen LogP contribution in [0.15, 0.2) is 39.9 Å². The number of rotatable bonds is 4. The molecule has 0 radical (unpaired) electrons. The van der Waals surface area contributed by atoms with E-state index in [2.05, 4.69) is 15.5 Å². The lowest BCUT2D eigenvalue weighted by Crippen LogP contribution is -2.28. The number of carbonyl (C=O) groups excluding carboxylic acids is 1. The molecule has 0 aliphatic carbocycles. The zero-order valence-electron chi connectivity index (χ0n) is 10.7. The van der Waals surface area contributed by atoms with Crippen LogP contribution in [0.4, 0.5) is 5.69 Å². The van der Waals surface area contributed by atoms with Gasteiger partial charge in [-0.05, 0) is 12.1 Å². The van der Waals surface area contributed by atoms with Crippen molar-refractivity contribution in [3.05, 3.63) is 56.6 Å². The Hall–Kier alpha value is -2.83. The molecule has 0 unspecified atom stereocenters. The summed E-state index contributed by atoms with van der Waals surface area (Å²) >= 11 is 0. The number of carbonyl (C=O) groups is 1. The summed E-state index contributed by atoms with van der Waals surface area (Å²) in [6, 6.07) is 8.08. The normalized spacial score (nSPS) is 10.1. The van der Waals surface area contributed by atoms with Gasteiger partial charge in [-0.25, -0.2) is 0 Å². The van der Waals surface area contributed by atoms with Crippen molar-refractivity contribution in [2.75, 3.05) is 5.32 Å². The molecule has 104 valence electrons. The Morgan fingerprint density at radius 1 is 1.25 bits per heavy atom. The predicted octanol–water partition coefficient (Wildman–Crippen LogP) is 0.601. The molecule has 3 N–H and O–H groups in total. The molecule has 1 amide bonds. The van der Waals surface area contributed by atoms with Gasteiger partial charge in [0.25, 0.3) is 0 Å². The van der Waals surface area contributed by atoms with Crippen LogP contribution in [0.3, 0.4) is 0 Å². The standard InChI is InChI=1S/C13H13N3O4/c1-8(17)14-10-4-2-3-5-12(10)20-7-9-6-11(18)13(19)16-15-9/h2-6H,7H2,1H3,(H,14,17)(H,15,18)(H,16,19). The van der Waals surface area contributed by atoms with Crippen molar-refractivity contribution < 1.29 is 9.53 Å². The van der Waals surface area contributed by atoms with Gasteiger partial charge in [-0.1, -0.05) is 12.1 Å². The molecular formula is C13H13N3O4. The van der Waals surface area contributed by atoms with E-state index in [-0.39, 0.29) is 12.5 Å². The minimum Gasteiger partial charge on any atom is -0.485 e. The Morgan fingerprint density at radius 3 is 2.70 bits per heavy atom. The summed E-state index contributed by atoms with van der Waals surface area (Å²) in [4.78, 5) is 33.2. The zero-order valence-corrected chi connectivity index (χ0v) is 10.7. The Bertz CT molecular complexity index is 733. The number of hydrogen-bond donors (Lipinski definition) is 3. The summed E-state index contributed by atoms with van der Waals surface area (Å²) in [6.07, 6.45) is 0. The van der Waals surface area contributed by atoms with E-state index in [1.165, 1.54) is 13.0 Å². The zero-order chi connectivity index (χ0) is 14.5. The van der Waals surface area contributed by atoms with Crippen molar-refractivity contribution in [3.63, 3.8) is 0 Å². The third-order valence-electron chi connectivity index (χ3n) is 2.45. The maximum atomic E-state index is 11.2. The molecule has 2 rings (SSSR count). The van der Waals surface area contributed by atoms with Gasteiger partial charge >= 0.3 is 5.56 Å². The summed E-state index contributed by atoms with van der Waals surface area (Å²) < 4.78 is 5.51. The Labute approximate surface area is 113 Å². The first-order valence-corrected chi connectivity index (χ1v) is 5.86. The Balaban J connectivity index is 2.14. The number of hydrogen-bond acceptors (Lipinski definition) is 4. The van der Waals surface area contributed by atoms with Crippen LogP contribution in [0.25, 0.3) is 0 Å². The summed E-state index contributed by atoms with van der Waals surface area (Å²) in [5, 5.41) is 7.40. The molecule has 7 nitrogen and oxygen atoms in total. The molecule has 0 aliphatic rings. The molecule has 0 fully saturated rings. The van der Waals surface area contributed by atoms with Crippen molar-refractivity contribution in [3.8, 4) is 5.75 Å². The van der Waals surface area contributed by atoms with Crippen molar-refractivity contribution in [1.29, 1.82) is 0 Å². The highest BCUT2D eigenvalue weighted by molar-refractivity contribution is 5.90. The van der Waals surface area contributed by atoms with Gasteiger partial charge < -0.3 is 10.1 Å². The molecule has 0 saturated heterocycles. The number of aromatic amines is 2. The van der Waals surface area contributed by atoms with Crippen molar-refractivity contribution in [1.82, 2.24) is 10.2 Å². The third-order valence-corrected chi connectivity index (χ3v) is 2.45. The lowest BCUT2D eigenvalue weighted by Gasteiger charge is -2.11. The van der Waals surface area contributed by atoms with Crippen LogP contribution in [0.5, 0.6) is 5.75 Å². The molecule has 1 aromatic heterocycles. The van der Waals surface area contributed by atoms with E-state index < -0.39 is 11.0 Å². The number of anilines is 1. The minimum atomic E-state index is -0.715. The number of para-hydroxylation sites is 2. The summed E-state index contributed by atoms with van der Waals surface area (Å²) in [5.41, 5.74) is -0.399. The van der Waals surface area contributed by atoms with Crippen LogP contribution >= 0.6 is 0 Å². The molecule has 1 aromatic carbocycles. The van der Waals surface area contributed by atoms with Crippen molar-refractivity contribution in [2.45, 2.75) is 13.5 Å². The fourth-order valence-electron chi connectivity index (χ4n) is 1.58. The smallest absolute Gasteiger partial charge is 0.310 e. The second-order valence-corrected chi connectivity index (χ2v) is 4.08. The maximum Gasteiger partial charge on any atom is 0.310 e. The number of benzene rings is 1. The Morgan fingerprint density at radius 2 is 2.00 bits per heavy atom. The third kappa shape index (κ3) is 3.35. The van der Waals surface area contributed by atoms with Crippen LogP contribution in [0.1, 0.15) is 12.6 Å². The van der Waals surface area contributed by atoms with Crippen molar-refractivity contribution in [2.24, 2.45) is 0 Å². The van der Waals surface area contributed by atoms with E-state index in [0.29, 0.717) is 17.1 Å². The highest BCUT2D eigenvalue weighted by Crippen LogP contribution is 2.24. The monoisotopic (exact) mass is 275 g/mol. The molecule has 20 heavy (non-hydrogen) atoms. The fourth-order valence-corrected chi connectivity index (χ4v) is 1.58. The van der Waals surface area contributed by atoms with Gasteiger partial charge in [0.2, 0.25) is 11.3 Å². The lowest BCUT2D eigenvalue weighted by molar-refractivity contribution is -0.114. The van der Waals surface area contributed by atoms with E-state index in [4.69, 9.17) is 4.74 Å². The number of ether oxygens (including phenoxy) is 1. The maximum absolute atomic E-state index is 11.2. The average molecular weight is 275 g/mol. The molecule has 7 heteroatoms. The van der Waals surface area contributed by atoms with E-state index in [9.17, 15) is 14.4 Å². The summed E-state index contributed by atoms with van der Waals surface area (Å²) in [5.74, 6) is 0.258. The first kappa shape index (κ1) is 13.6. The van der Waals surface area contributed by atoms with Gasteiger partial charge in [0, 0.05) is 13.0 Å².